The van der Waals surface area contributed by atoms with E-state index in [1.54, 1.807) is 0 Å². The van der Waals surface area contributed by atoms with Crippen LogP contribution in [0.25, 0.3) is 0 Å². The smallest absolute Gasteiger partial charge is 0.0431 e. The fourth-order valence-electron chi connectivity index (χ4n) is 2.07. The molecule has 0 spiro atoms. The maximum Gasteiger partial charge on any atom is 0.0431 e. The van der Waals surface area contributed by atoms with Gasteiger partial charge in [-0.05, 0) is 56.8 Å². The molecule has 0 aliphatic heterocycles. The highest BCUT2D eigenvalue weighted by atomic mass is 16.2. The molecule has 0 heterocycles. The second-order valence-electron chi connectivity index (χ2n) is 4.75. The van der Waals surface area contributed by atoms with Gasteiger partial charge in [-0.3, -0.25) is 0 Å². The number of nitrogens with two attached hydrogens (primary N) is 1. The molecule has 0 bridgehead atoms. The molecular formula is C15H26N2O. The van der Waals surface area contributed by atoms with Crippen LogP contribution in [0.5, 0.6) is 0 Å². The van der Waals surface area contributed by atoms with E-state index in [0.717, 1.165) is 45.3 Å². The van der Waals surface area contributed by atoms with E-state index < -0.39 is 0 Å². The van der Waals surface area contributed by atoms with E-state index >= 15 is 0 Å². The molecule has 1 aromatic rings. The number of hydrogen-bond acceptors (Lipinski definition) is 3. The Morgan fingerprint density at radius 3 is 2.56 bits per heavy atom. The van der Waals surface area contributed by atoms with E-state index in [1.807, 2.05) is 0 Å². The van der Waals surface area contributed by atoms with Crippen molar-refractivity contribution < 1.29 is 5.11 Å². The van der Waals surface area contributed by atoms with Crippen molar-refractivity contribution in [3.05, 3.63) is 29.8 Å². The summed E-state index contributed by atoms with van der Waals surface area (Å²) in [5.74, 6) is 0. The molecule has 0 amide bonds. The Morgan fingerprint density at radius 1 is 1.11 bits per heavy atom. The van der Waals surface area contributed by atoms with Crippen molar-refractivity contribution in [3.8, 4) is 0 Å². The number of unbranched alkanes of at least 4 members (excludes halogenated alkanes) is 2. The number of rotatable bonds is 9. The van der Waals surface area contributed by atoms with E-state index in [2.05, 4.69) is 36.1 Å². The third-order valence-electron chi connectivity index (χ3n) is 3.09. The van der Waals surface area contributed by atoms with Crippen molar-refractivity contribution in [2.75, 3.05) is 31.1 Å². The van der Waals surface area contributed by atoms with Gasteiger partial charge in [-0.1, -0.05) is 12.1 Å². The van der Waals surface area contributed by atoms with Crippen LogP contribution in [0.2, 0.25) is 0 Å². The summed E-state index contributed by atoms with van der Waals surface area (Å²) in [6.07, 6.45) is 4.13. The first kappa shape index (κ1) is 15.0. The lowest BCUT2D eigenvalue weighted by Gasteiger charge is -2.25. The summed E-state index contributed by atoms with van der Waals surface area (Å²) >= 11 is 0. The van der Waals surface area contributed by atoms with Crippen LogP contribution >= 0.6 is 0 Å². The number of aliphatic hydroxyl groups excluding tert-OH is 1. The molecule has 0 fully saturated rings. The quantitative estimate of drug-likeness (QED) is 0.661. The zero-order chi connectivity index (χ0) is 13.2. The maximum absolute atomic E-state index is 8.80. The standard InChI is InChI=1S/C15H26N2O/c1-14-7-5-8-15(13-14)17(11-6-9-16)10-3-2-4-12-18/h5,7-8,13,18H,2-4,6,9-12,16H2,1H3. The van der Waals surface area contributed by atoms with Gasteiger partial charge in [-0.25, -0.2) is 0 Å². The van der Waals surface area contributed by atoms with E-state index in [-0.39, 0.29) is 0 Å². The summed E-state index contributed by atoms with van der Waals surface area (Å²) in [5.41, 5.74) is 8.18. The Balaban J connectivity index is 2.54. The molecule has 0 aliphatic carbocycles. The highest BCUT2D eigenvalue weighted by Crippen LogP contribution is 2.17. The second-order valence-corrected chi connectivity index (χ2v) is 4.75. The van der Waals surface area contributed by atoms with Gasteiger partial charge in [0, 0.05) is 25.4 Å². The zero-order valence-corrected chi connectivity index (χ0v) is 11.4. The van der Waals surface area contributed by atoms with E-state index in [1.165, 1.54) is 11.3 Å². The van der Waals surface area contributed by atoms with Gasteiger partial charge in [0.1, 0.15) is 0 Å². The van der Waals surface area contributed by atoms with Crippen LogP contribution in [0.1, 0.15) is 31.2 Å². The average Bonchev–Trinajstić information content (AvgIpc) is 2.38. The largest absolute Gasteiger partial charge is 0.396 e. The third-order valence-corrected chi connectivity index (χ3v) is 3.09. The van der Waals surface area contributed by atoms with Gasteiger partial charge in [0.2, 0.25) is 0 Å². The average molecular weight is 250 g/mol. The monoisotopic (exact) mass is 250 g/mol. The number of hydrogen-bond donors (Lipinski definition) is 2. The van der Waals surface area contributed by atoms with Crippen LogP contribution < -0.4 is 10.6 Å². The summed E-state index contributed by atoms with van der Waals surface area (Å²) in [5, 5.41) is 8.80. The second kappa shape index (κ2) is 8.95. The van der Waals surface area contributed by atoms with E-state index in [0.29, 0.717) is 6.61 Å². The van der Waals surface area contributed by atoms with Gasteiger partial charge >= 0.3 is 0 Å². The Kier molecular flexibility index (Phi) is 7.46. The van der Waals surface area contributed by atoms with Crippen molar-refractivity contribution in [2.24, 2.45) is 5.73 Å². The molecule has 0 aliphatic rings. The Labute approximate surface area is 111 Å². The number of aryl methyl sites for hydroxylation is 1. The molecule has 0 radical (unpaired) electrons. The van der Waals surface area contributed by atoms with Crippen LogP contribution in [0.4, 0.5) is 5.69 Å². The number of anilines is 1. The molecule has 0 saturated carbocycles. The first-order valence-corrected chi connectivity index (χ1v) is 6.90. The molecule has 102 valence electrons. The predicted octanol–water partition coefficient (Wildman–Crippen LogP) is 2.31. The van der Waals surface area contributed by atoms with Gasteiger partial charge in [-0.2, -0.15) is 0 Å². The number of nitrogens with zero attached hydrogens (tertiary/aromatic N) is 1. The maximum atomic E-state index is 8.80. The molecular weight excluding hydrogens is 224 g/mol. The van der Waals surface area contributed by atoms with E-state index in [4.69, 9.17) is 10.8 Å². The molecule has 0 saturated heterocycles. The SMILES string of the molecule is Cc1cccc(N(CCCN)CCCCCO)c1. The number of benzene rings is 1. The molecule has 1 aromatic carbocycles. The fourth-order valence-corrected chi connectivity index (χ4v) is 2.07. The van der Waals surface area contributed by atoms with Crippen molar-refractivity contribution in [2.45, 2.75) is 32.6 Å². The Bertz CT molecular complexity index is 328. The summed E-state index contributed by atoms with van der Waals surface area (Å²) < 4.78 is 0. The van der Waals surface area contributed by atoms with Crippen molar-refractivity contribution in [1.82, 2.24) is 0 Å². The molecule has 1 rings (SSSR count). The molecule has 0 atom stereocenters. The van der Waals surface area contributed by atoms with Crippen LogP contribution in [0.15, 0.2) is 24.3 Å². The minimum atomic E-state index is 0.299. The highest BCUT2D eigenvalue weighted by molar-refractivity contribution is 5.48. The molecule has 3 heteroatoms. The van der Waals surface area contributed by atoms with Crippen molar-refractivity contribution >= 4 is 5.69 Å². The fraction of sp³-hybridized carbons (Fsp3) is 0.600. The van der Waals surface area contributed by atoms with Crippen LogP contribution in [-0.2, 0) is 0 Å². The topological polar surface area (TPSA) is 49.5 Å². The summed E-state index contributed by atoms with van der Waals surface area (Å²) in [4.78, 5) is 2.40. The van der Waals surface area contributed by atoms with Crippen LogP contribution in [0, 0.1) is 6.92 Å². The normalized spacial score (nSPS) is 10.6. The Morgan fingerprint density at radius 2 is 1.89 bits per heavy atom. The predicted molar refractivity (Wildman–Crippen MR) is 78.0 cm³/mol. The number of aliphatic hydroxyl groups is 1. The first-order chi connectivity index (χ1) is 8.77. The molecule has 3 nitrogen and oxygen atoms in total. The van der Waals surface area contributed by atoms with Crippen LogP contribution in [0.3, 0.4) is 0 Å². The van der Waals surface area contributed by atoms with Crippen LogP contribution in [-0.4, -0.2) is 31.3 Å². The van der Waals surface area contributed by atoms with Gasteiger partial charge < -0.3 is 15.7 Å². The van der Waals surface area contributed by atoms with Gasteiger partial charge in [0.15, 0.2) is 0 Å². The molecule has 0 unspecified atom stereocenters. The van der Waals surface area contributed by atoms with E-state index in [9.17, 15) is 0 Å². The summed E-state index contributed by atoms with van der Waals surface area (Å²) in [7, 11) is 0. The lowest BCUT2D eigenvalue weighted by Crippen LogP contribution is -2.27. The summed E-state index contributed by atoms with van der Waals surface area (Å²) in [6.45, 7) is 5.21. The van der Waals surface area contributed by atoms with Crippen molar-refractivity contribution in [1.29, 1.82) is 0 Å². The minimum absolute atomic E-state index is 0.299. The lowest BCUT2D eigenvalue weighted by molar-refractivity contribution is 0.283. The molecule has 3 N–H and O–H groups in total. The van der Waals surface area contributed by atoms with Crippen molar-refractivity contribution in [3.63, 3.8) is 0 Å². The summed E-state index contributed by atoms with van der Waals surface area (Å²) in [6, 6.07) is 8.61. The van der Waals surface area contributed by atoms with Gasteiger partial charge in [0.25, 0.3) is 0 Å². The zero-order valence-electron chi connectivity index (χ0n) is 11.4. The third kappa shape index (κ3) is 5.52. The van der Waals surface area contributed by atoms with Gasteiger partial charge in [0.05, 0.1) is 0 Å². The molecule has 18 heavy (non-hydrogen) atoms. The minimum Gasteiger partial charge on any atom is -0.396 e. The molecule has 0 aromatic heterocycles. The first-order valence-electron chi connectivity index (χ1n) is 6.90. The lowest BCUT2D eigenvalue weighted by atomic mass is 10.1. The Hall–Kier alpha value is -1.06. The highest BCUT2D eigenvalue weighted by Gasteiger charge is 2.05. The van der Waals surface area contributed by atoms with Gasteiger partial charge in [-0.15, -0.1) is 0 Å².